The summed E-state index contributed by atoms with van der Waals surface area (Å²) in [6.07, 6.45) is 2.52. The molecule has 1 fully saturated rings. The molecule has 1 heterocycles. The second-order valence-corrected chi connectivity index (χ2v) is 4.51. The second-order valence-electron chi connectivity index (χ2n) is 4.51. The topological polar surface area (TPSA) is 25.2 Å². The Morgan fingerprint density at radius 3 is 2.94 bits per heavy atom. The van der Waals surface area contributed by atoms with Crippen LogP contribution < -0.4 is 5.32 Å². The first-order chi connectivity index (χ1) is 7.72. The molecule has 84 valence electrons. The summed E-state index contributed by atoms with van der Waals surface area (Å²) in [4.78, 5) is 0. The molecule has 0 spiro atoms. The summed E-state index contributed by atoms with van der Waals surface area (Å²) in [5.74, 6) is 0.683. The van der Waals surface area contributed by atoms with Gasteiger partial charge in [0.1, 0.15) is 17.2 Å². The van der Waals surface area contributed by atoms with Crippen LogP contribution in [0.15, 0.2) is 22.6 Å². The number of furan rings is 1. The SMILES string of the molecule is Cc1cc(F)cc2cc(CNC3CC3)oc12. The lowest BCUT2D eigenvalue weighted by molar-refractivity contribution is 0.511. The maximum atomic E-state index is 13.2. The van der Waals surface area contributed by atoms with Crippen LogP contribution in [-0.4, -0.2) is 6.04 Å². The number of hydrogen-bond donors (Lipinski definition) is 1. The van der Waals surface area contributed by atoms with Crippen molar-refractivity contribution in [1.29, 1.82) is 0 Å². The first-order valence-electron chi connectivity index (χ1n) is 5.64. The quantitative estimate of drug-likeness (QED) is 0.858. The third-order valence-corrected chi connectivity index (χ3v) is 2.96. The zero-order valence-corrected chi connectivity index (χ0v) is 9.22. The Bertz CT molecular complexity index is 528. The molecule has 2 nitrogen and oxygen atoms in total. The van der Waals surface area contributed by atoms with E-state index >= 15 is 0 Å². The number of nitrogens with one attached hydrogen (secondary N) is 1. The van der Waals surface area contributed by atoms with Crippen LogP contribution in [0.3, 0.4) is 0 Å². The standard InChI is InChI=1S/C13H14FNO/c1-8-4-10(14)5-9-6-12(16-13(8)9)7-15-11-2-3-11/h4-6,11,15H,2-3,7H2,1H3. The molecule has 0 unspecified atom stereocenters. The molecule has 2 aromatic rings. The van der Waals surface area contributed by atoms with Crippen LogP contribution in [0.4, 0.5) is 4.39 Å². The first kappa shape index (κ1) is 9.85. The van der Waals surface area contributed by atoms with Gasteiger partial charge in [-0.3, -0.25) is 0 Å². The Hall–Kier alpha value is -1.35. The number of hydrogen-bond acceptors (Lipinski definition) is 2. The predicted octanol–water partition coefficient (Wildman–Crippen LogP) is 3.13. The molecule has 3 heteroatoms. The average Bonchev–Trinajstić information content (AvgIpc) is 2.96. The molecule has 0 amide bonds. The highest BCUT2D eigenvalue weighted by Gasteiger charge is 2.20. The summed E-state index contributed by atoms with van der Waals surface area (Å²) >= 11 is 0. The minimum Gasteiger partial charge on any atom is -0.459 e. The van der Waals surface area contributed by atoms with Crippen molar-refractivity contribution >= 4 is 11.0 Å². The Morgan fingerprint density at radius 2 is 2.19 bits per heavy atom. The van der Waals surface area contributed by atoms with Gasteiger partial charge < -0.3 is 9.73 Å². The van der Waals surface area contributed by atoms with E-state index in [1.165, 1.54) is 25.0 Å². The highest BCUT2D eigenvalue weighted by atomic mass is 19.1. The summed E-state index contributed by atoms with van der Waals surface area (Å²) < 4.78 is 18.9. The van der Waals surface area contributed by atoms with Gasteiger partial charge in [0.05, 0.1) is 6.54 Å². The zero-order valence-electron chi connectivity index (χ0n) is 9.22. The van der Waals surface area contributed by atoms with Crippen LogP contribution in [0.25, 0.3) is 11.0 Å². The minimum absolute atomic E-state index is 0.201. The summed E-state index contributed by atoms with van der Waals surface area (Å²) in [5, 5.41) is 4.23. The van der Waals surface area contributed by atoms with Gasteiger partial charge in [0.15, 0.2) is 0 Å². The summed E-state index contributed by atoms with van der Waals surface area (Å²) in [6, 6.07) is 5.60. The van der Waals surface area contributed by atoms with Gasteiger partial charge in [0.2, 0.25) is 0 Å². The number of benzene rings is 1. The maximum Gasteiger partial charge on any atom is 0.137 e. The molecule has 1 aliphatic rings. The van der Waals surface area contributed by atoms with Crippen LogP contribution in [0.2, 0.25) is 0 Å². The number of fused-ring (bicyclic) bond motifs is 1. The van der Waals surface area contributed by atoms with Gasteiger partial charge in [-0.25, -0.2) is 4.39 Å². The van der Waals surface area contributed by atoms with Crippen molar-refractivity contribution in [1.82, 2.24) is 5.32 Å². The molecule has 3 rings (SSSR count). The molecule has 0 radical (unpaired) electrons. The molecule has 1 saturated carbocycles. The first-order valence-corrected chi connectivity index (χ1v) is 5.64. The molecule has 1 aliphatic carbocycles. The predicted molar refractivity (Wildman–Crippen MR) is 60.8 cm³/mol. The van der Waals surface area contributed by atoms with Crippen LogP contribution in [-0.2, 0) is 6.54 Å². The van der Waals surface area contributed by atoms with E-state index in [1.807, 2.05) is 13.0 Å². The molecular formula is C13H14FNO. The lowest BCUT2D eigenvalue weighted by Crippen LogP contribution is -2.14. The van der Waals surface area contributed by atoms with Crippen molar-refractivity contribution in [2.24, 2.45) is 0 Å². The van der Waals surface area contributed by atoms with Gasteiger partial charge in [-0.1, -0.05) is 0 Å². The van der Waals surface area contributed by atoms with E-state index in [0.29, 0.717) is 6.04 Å². The summed E-state index contributed by atoms with van der Waals surface area (Å²) in [6.45, 7) is 2.60. The van der Waals surface area contributed by atoms with Gasteiger partial charge in [-0.05, 0) is 43.5 Å². The van der Waals surface area contributed by atoms with Crippen LogP contribution in [0, 0.1) is 12.7 Å². The minimum atomic E-state index is -0.201. The van der Waals surface area contributed by atoms with Crippen molar-refractivity contribution in [2.75, 3.05) is 0 Å². The van der Waals surface area contributed by atoms with Gasteiger partial charge in [0.25, 0.3) is 0 Å². The highest BCUT2D eigenvalue weighted by Crippen LogP contribution is 2.25. The van der Waals surface area contributed by atoms with E-state index in [1.54, 1.807) is 0 Å². The van der Waals surface area contributed by atoms with E-state index in [9.17, 15) is 4.39 Å². The molecule has 1 aromatic heterocycles. The summed E-state index contributed by atoms with van der Waals surface area (Å²) in [7, 11) is 0. The van der Waals surface area contributed by atoms with Gasteiger partial charge >= 0.3 is 0 Å². The van der Waals surface area contributed by atoms with Crippen LogP contribution in [0.5, 0.6) is 0 Å². The average molecular weight is 219 g/mol. The third kappa shape index (κ3) is 1.83. The lowest BCUT2D eigenvalue weighted by atomic mass is 10.2. The molecular weight excluding hydrogens is 205 g/mol. The van der Waals surface area contributed by atoms with Gasteiger partial charge in [-0.2, -0.15) is 0 Å². The van der Waals surface area contributed by atoms with Crippen molar-refractivity contribution in [3.8, 4) is 0 Å². The number of rotatable bonds is 3. The Kier molecular flexibility index (Phi) is 2.21. The lowest BCUT2D eigenvalue weighted by Gasteiger charge is -1.97. The fourth-order valence-corrected chi connectivity index (χ4v) is 1.96. The van der Waals surface area contributed by atoms with Gasteiger partial charge in [0, 0.05) is 11.4 Å². The second kappa shape index (κ2) is 3.59. The van der Waals surface area contributed by atoms with E-state index in [0.717, 1.165) is 28.8 Å². The van der Waals surface area contributed by atoms with E-state index in [2.05, 4.69) is 5.32 Å². The van der Waals surface area contributed by atoms with E-state index in [-0.39, 0.29) is 5.82 Å². The van der Waals surface area contributed by atoms with Crippen LogP contribution in [0.1, 0.15) is 24.2 Å². The fourth-order valence-electron chi connectivity index (χ4n) is 1.96. The molecule has 0 saturated heterocycles. The number of aryl methyl sites for hydroxylation is 1. The van der Waals surface area contributed by atoms with Gasteiger partial charge in [-0.15, -0.1) is 0 Å². The monoisotopic (exact) mass is 219 g/mol. The third-order valence-electron chi connectivity index (χ3n) is 2.96. The van der Waals surface area contributed by atoms with Crippen molar-refractivity contribution in [3.63, 3.8) is 0 Å². The molecule has 0 aliphatic heterocycles. The Morgan fingerprint density at radius 1 is 1.38 bits per heavy atom. The molecule has 0 atom stereocenters. The van der Waals surface area contributed by atoms with Crippen molar-refractivity contribution in [2.45, 2.75) is 32.4 Å². The normalized spacial score (nSPS) is 15.9. The van der Waals surface area contributed by atoms with E-state index in [4.69, 9.17) is 4.42 Å². The Balaban J connectivity index is 1.91. The summed E-state index contributed by atoms with van der Waals surface area (Å²) in [5.41, 5.74) is 1.65. The van der Waals surface area contributed by atoms with Crippen molar-refractivity contribution in [3.05, 3.63) is 35.3 Å². The molecule has 0 bridgehead atoms. The Labute approximate surface area is 93.4 Å². The smallest absolute Gasteiger partial charge is 0.137 e. The highest BCUT2D eigenvalue weighted by molar-refractivity contribution is 5.81. The van der Waals surface area contributed by atoms with Crippen LogP contribution >= 0.6 is 0 Å². The van der Waals surface area contributed by atoms with Crippen molar-refractivity contribution < 1.29 is 8.81 Å². The molecule has 1 aromatic carbocycles. The van der Waals surface area contributed by atoms with E-state index < -0.39 is 0 Å². The maximum absolute atomic E-state index is 13.2. The zero-order chi connectivity index (χ0) is 11.1. The molecule has 1 N–H and O–H groups in total. The molecule has 16 heavy (non-hydrogen) atoms. The largest absolute Gasteiger partial charge is 0.459 e. The fraction of sp³-hybridized carbons (Fsp3) is 0.385. The number of halogens is 1.